The van der Waals surface area contributed by atoms with E-state index in [0.717, 1.165) is 5.56 Å². The SMILES string of the molecule is CN(C)S(=O)(=O)c1ccc(-c2cc(-c3cnc(N)nc3)nc(N3CCOCC3)n2)cc1. The maximum atomic E-state index is 12.4. The van der Waals surface area contributed by atoms with Crippen molar-refractivity contribution in [3.63, 3.8) is 0 Å². The normalized spacial score (nSPS) is 14.7. The first kappa shape index (κ1) is 21.1. The minimum absolute atomic E-state index is 0.184. The predicted molar refractivity (Wildman–Crippen MR) is 117 cm³/mol. The highest BCUT2D eigenvalue weighted by Crippen LogP contribution is 2.27. The van der Waals surface area contributed by atoms with Gasteiger partial charge in [0, 0.05) is 50.7 Å². The first-order valence-electron chi connectivity index (χ1n) is 9.67. The van der Waals surface area contributed by atoms with Gasteiger partial charge in [-0.05, 0) is 18.2 Å². The van der Waals surface area contributed by atoms with Crippen molar-refractivity contribution in [2.24, 2.45) is 0 Å². The van der Waals surface area contributed by atoms with E-state index >= 15 is 0 Å². The summed E-state index contributed by atoms with van der Waals surface area (Å²) < 4.78 is 31.3. The van der Waals surface area contributed by atoms with E-state index in [2.05, 4.69) is 14.9 Å². The highest BCUT2D eigenvalue weighted by atomic mass is 32.2. The number of nitrogens with two attached hydrogens (primary N) is 1. The van der Waals surface area contributed by atoms with Crippen molar-refractivity contribution >= 4 is 21.9 Å². The molecule has 162 valence electrons. The minimum Gasteiger partial charge on any atom is -0.378 e. The summed E-state index contributed by atoms with van der Waals surface area (Å²) in [5.74, 6) is 0.752. The zero-order valence-electron chi connectivity index (χ0n) is 17.3. The maximum Gasteiger partial charge on any atom is 0.242 e. The molecule has 0 radical (unpaired) electrons. The van der Waals surface area contributed by atoms with Gasteiger partial charge in [0.05, 0.1) is 29.5 Å². The lowest BCUT2D eigenvalue weighted by Crippen LogP contribution is -2.37. The molecule has 0 saturated carbocycles. The van der Waals surface area contributed by atoms with E-state index in [1.165, 1.54) is 18.4 Å². The standard InChI is InChI=1S/C20H23N7O3S/c1-26(2)31(28,29)16-5-3-14(4-6-16)17-11-18(15-12-22-19(21)23-13-15)25-20(24-17)27-7-9-30-10-8-27/h3-6,11-13H,7-10H2,1-2H3,(H2,21,22,23). The lowest BCUT2D eigenvalue weighted by molar-refractivity contribution is 0.122. The summed E-state index contributed by atoms with van der Waals surface area (Å²) in [5.41, 5.74) is 8.41. The Bertz CT molecular complexity index is 1160. The smallest absolute Gasteiger partial charge is 0.242 e. The summed E-state index contributed by atoms with van der Waals surface area (Å²) in [6.45, 7) is 2.57. The Morgan fingerprint density at radius 3 is 2.13 bits per heavy atom. The third-order valence-electron chi connectivity index (χ3n) is 4.90. The average molecular weight is 442 g/mol. The molecule has 1 saturated heterocycles. The lowest BCUT2D eigenvalue weighted by Gasteiger charge is -2.27. The van der Waals surface area contributed by atoms with Gasteiger partial charge in [-0.15, -0.1) is 0 Å². The van der Waals surface area contributed by atoms with Gasteiger partial charge in [0.25, 0.3) is 0 Å². The van der Waals surface area contributed by atoms with Crippen LogP contribution in [0.5, 0.6) is 0 Å². The molecule has 0 unspecified atom stereocenters. The van der Waals surface area contributed by atoms with Crippen LogP contribution in [-0.4, -0.2) is 73.1 Å². The van der Waals surface area contributed by atoms with Crippen molar-refractivity contribution in [2.45, 2.75) is 4.90 Å². The highest BCUT2D eigenvalue weighted by Gasteiger charge is 2.19. The molecule has 11 heteroatoms. The first-order valence-corrected chi connectivity index (χ1v) is 11.1. The number of hydrogen-bond acceptors (Lipinski definition) is 9. The second-order valence-electron chi connectivity index (χ2n) is 7.18. The third-order valence-corrected chi connectivity index (χ3v) is 6.73. The molecule has 0 bridgehead atoms. The molecule has 10 nitrogen and oxygen atoms in total. The summed E-state index contributed by atoms with van der Waals surface area (Å²) in [5, 5.41) is 0. The zero-order valence-corrected chi connectivity index (χ0v) is 18.1. The van der Waals surface area contributed by atoms with Crippen molar-refractivity contribution in [1.29, 1.82) is 0 Å². The molecule has 3 aromatic rings. The molecule has 1 aliphatic rings. The molecule has 1 aliphatic heterocycles. The zero-order chi connectivity index (χ0) is 22.0. The van der Waals surface area contributed by atoms with E-state index in [0.29, 0.717) is 49.2 Å². The van der Waals surface area contributed by atoms with Crippen molar-refractivity contribution in [3.8, 4) is 22.5 Å². The van der Waals surface area contributed by atoms with Gasteiger partial charge in [0.2, 0.25) is 21.9 Å². The number of aromatic nitrogens is 4. The summed E-state index contributed by atoms with van der Waals surface area (Å²) in [6, 6.07) is 8.46. The van der Waals surface area contributed by atoms with E-state index in [-0.39, 0.29) is 10.8 Å². The van der Waals surface area contributed by atoms with Gasteiger partial charge in [-0.2, -0.15) is 0 Å². The number of morpholine rings is 1. The minimum atomic E-state index is -3.51. The maximum absolute atomic E-state index is 12.4. The van der Waals surface area contributed by atoms with Crippen molar-refractivity contribution in [3.05, 3.63) is 42.7 Å². The quantitative estimate of drug-likeness (QED) is 0.622. The molecule has 31 heavy (non-hydrogen) atoms. The number of hydrogen-bond donors (Lipinski definition) is 1. The van der Waals surface area contributed by atoms with Crippen LogP contribution in [0.3, 0.4) is 0 Å². The van der Waals surface area contributed by atoms with Crippen molar-refractivity contribution in [2.75, 3.05) is 51.0 Å². The van der Waals surface area contributed by atoms with Crippen LogP contribution in [0.4, 0.5) is 11.9 Å². The van der Waals surface area contributed by atoms with Crippen LogP contribution in [0.1, 0.15) is 0 Å². The van der Waals surface area contributed by atoms with E-state index in [1.54, 1.807) is 36.7 Å². The number of anilines is 2. The Balaban J connectivity index is 1.77. The largest absolute Gasteiger partial charge is 0.378 e. The topological polar surface area (TPSA) is 127 Å². The number of ether oxygens (including phenoxy) is 1. The molecule has 4 rings (SSSR count). The molecule has 3 heterocycles. The van der Waals surface area contributed by atoms with E-state index in [9.17, 15) is 8.42 Å². The average Bonchev–Trinajstić information content (AvgIpc) is 2.80. The molecule has 0 amide bonds. The van der Waals surface area contributed by atoms with Gasteiger partial charge < -0.3 is 15.4 Å². The van der Waals surface area contributed by atoms with Crippen LogP contribution >= 0.6 is 0 Å². The van der Waals surface area contributed by atoms with Gasteiger partial charge in [0.1, 0.15) is 0 Å². The number of sulfonamides is 1. The molecule has 1 fully saturated rings. The lowest BCUT2D eigenvalue weighted by atomic mass is 10.1. The van der Waals surface area contributed by atoms with Gasteiger partial charge in [-0.1, -0.05) is 12.1 Å². The summed E-state index contributed by atoms with van der Waals surface area (Å²) in [4.78, 5) is 19.8. The van der Waals surface area contributed by atoms with Crippen LogP contribution in [-0.2, 0) is 14.8 Å². The van der Waals surface area contributed by atoms with Gasteiger partial charge in [-0.3, -0.25) is 0 Å². The molecule has 2 aromatic heterocycles. The van der Waals surface area contributed by atoms with E-state index in [1.807, 2.05) is 6.07 Å². The molecular formula is C20H23N7O3S. The Morgan fingerprint density at radius 2 is 1.55 bits per heavy atom. The predicted octanol–water partition coefficient (Wildman–Crippen LogP) is 1.27. The number of benzene rings is 1. The second kappa shape index (κ2) is 8.53. The van der Waals surface area contributed by atoms with Crippen LogP contribution in [0, 0.1) is 0 Å². The van der Waals surface area contributed by atoms with Crippen LogP contribution in [0.15, 0.2) is 47.6 Å². The fourth-order valence-corrected chi connectivity index (χ4v) is 4.02. The van der Waals surface area contributed by atoms with Crippen molar-refractivity contribution in [1.82, 2.24) is 24.2 Å². The number of nitrogen functional groups attached to an aromatic ring is 1. The Kier molecular flexibility index (Phi) is 5.81. The first-order chi connectivity index (χ1) is 14.8. The monoisotopic (exact) mass is 441 g/mol. The molecule has 0 aliphatic carbocycles. The third kappa shape index (κ3) is 4.48. The molecule has 0 spiro atoms. The Labute approximate surface area is 180 Å². The van der Waals surface area contributed by atoms with Crippen LogP contribution in [0.25, 0.3) is 22.5 Å². The van der Waals surface area contributed by atoms with Gasteiger partial charge in [-0.25, -0.2) is 32.7 Å². The fourth-order valence-electron chi connectivity index (χ4n) is 3.11. The van der Waals surface area contributed by atoms with E-state index < -0.39 is 10.0 Å². The van der Waals surface area contributed by atoms with Crippen LogP contribution < -0.4 is 10.6 Å². The summed E-state index contributed by atoms with van der Waals surface area (Å²) in [6.07, 6.45) is 3.23. The van der Waals surface area contributed by atoms with Crippen LogP contribution in [0.2, 0.25) is 0 Å². The Hall–Kier alpha value is -3.15. The summed E-state index contributed by atoms with van der Waals surface area (Å²) >= 11 is 0. The summed E-state index contributed by atoms with van der Waals surface area (Å²) in [7, 11) is -0.500. The van der Waals surface area contributed by atoms with Gasteiger partial charge >= 0.3 is 0 Å². The number of rotatable bonds is 5. The van der Waals surface area contributed by atoms with Gasteiger partial charge in [0.15, 0.2) is 0 Å². The van der Waals surface area contributed by atoms with E-state index in [4.69, 9.17) is 20.4 Å². The fraction of sp³-hybridized carbons (Fsp3) is 0.300. The number of nitrogens with zero attached hydrogens (tertiary/aromatic N) is 6. The molecular weight excluding hydrogens is 418 g/mol. The molecule has 2 N–H and O–H groups in total. The van der Waals surface area contributed by atoms with Crippen molar-refractivity contribution < 1.29 is 13.2 Å². The Morgan fingerprint density at radius 1 is 0.968 bits per heavy atom. The highest BCUT2D eigenvalue weighted by molar-refractivity contribution is 7.89. The molecule has 1 aromatic carbocycles. The second-order valence-corrected chi connectivity index (χ2v) is 9.33. The molecule has 0 atom stereocenters.